The highest BCUT2D eigenvalue weighted by Gasteiger charge is 2.25. The van der Waals surface area contributed by atoms with E-state index in [4.69, 9.17) is 4.74 Å². The normalized spacial score (nSPS) is 15.7. The number of fused-ring (bicyclic) bond motifs is 1. The fourth-order valence-electron chi connectivity index (χ4n) is 3.01. The van der Waals surface area contributed by atoms with E-state index in [0.29, 0.717) is 22.7 Å². The van der Waals surface area contributed by atoms with Gasteiger partial charge in [-0.1, -0.05) is 0 Å². The van der Waals surface area contributed by atoms with Gasteiger partial charge in [-0.25, -0.2) is 0 Å². The lowest BCUT2D eigenvalue weighted by Gasteiger charge is -2.23. The number of carbonyl (C=O) groups excluding carboxylic acids is 2. The topological polar surface area (TPSA) is 72.4 Å². The summed E-state index contributed by atoms with van der Waals surface area (Å²) in [5.41, 5.74) is 2.77. The highest BCUT2D eigenvalue weighted by molar-refractivity contribution is 7.15. The summed E-state index contributed by atoms with van der Waals surface area (Å²) in [6.07, 6.45) is 3.32. The predicted molar refractivity (Wildman–Crippen MR) is 106 cm³/mol. The highest BCUT2D eigenvalue weighted by Crippen LogP contribution is 2.34. The molecule has 7 heteroatoms. The highest BCUT2D eigenvalue weighted by atomic mass is 32.1. The number of hydrogen-bond donors (Lipinski definition) is 2. The van der Waals surface area contributed by atoms with Gasteiger partial charge in [-0.2, -0.15) is 0 Å². The second kappa shape index (κ2) is 6.59. The van der Waals surface area contributed by atoms with Crippen LogP contribution in [0.3, 0.4) is 0 Å². The Balaban J connectivity index is 1.64. The number of thiophene rings is 1. The van der Waals surface area contributed by atoms with Gasteiger partial charge in [0.15, 0.2) is 6.10 Å². The van der Waals surface area contributed by atoms with Crippen molar-refractivity contribution in [3.63, 3.8) is 0 Å². The zero-order chi connectivity index (χ0) is 19.1. The summed E-state index contributed by atoms with van der Waals surface area (Å²) in [6, 6.07) is 9.09. The molecule has 1 aromatic carbocycles. The van der Waals surface area contributed by atoms with Gasteiger partial charge in [-0.05, 0) is 56.7 Å². The molecule has 0 spiro atoms. The van der Waals surface area contributed by atoms with Crippen LogP contribution < -0.4 is 15.4 Å². The number of rotatable bonds is 3. The van der Waals surface area contributed by atoms with Crippen LogP contribution >= 0.6 is 11.3 Å². The van der Waals surface area contributed by atoms with Crippen molar-refractivity contribution in [2.45, 2.75) is 26.9 Å². The first-order valence-corrected chi connectivity index (χ1v) is 9.42. The lowest BCUT2D eigenvalue weighted by atomic mass is 10.1. The summed E-state index contributed by atoms with van der Waals surface area (Å²) in [5.74, 6) is 0.206. The van der Waals surface area contributed by atoms with Crippen molar-refractivity contribution in [1.29, 1.82) is 0 Å². The lowest BCUT2D eigenvalue weighted by molar-refractivity contribution is -0.122. The van der Waals surface area contributed by atoms with Crippen LogP contribution in [0.4, 0.5) is 11.4 Å². The van der Waals surface area contributed by atoms with Crippen LogP contribution in [0.15, 0.2) is 42.7 Å². The Labute approximate surface area is 160 Å². The third-order valence-corrected chi connectivity index (χ3v) is 5.82. The van der Waals surface area contributed by atoms with Gasteiger partial charge >= 0.3 is 0 Å². The molecule has 1 aliphatic rings. The molecular formula is C20H19N3O3S. The first-order valence-electron chi connectivity index (χ1n) is 8.60. The monoisotopic (exact) mass is 381 g/mol. The van der Waals surface area contributed by atoms with Crippen LogP contribution in [0.1, 0.15) is 27.7 Å². The number of aryl methyl sites for hydroxylation is 1. The van der Waals surface area contributed by atoms with Crippen LogP contribution in [-0.2, 0) is 4.79 Å². The van der Waals surface area contributed by atoms with Gasteiger partial charge < -0.3 is 19.9 Å². The Morgan fingerprint density at radius 1 is 1.26 bits per heavy atom. The number of nitrogens with one attached hydrogen (secondary N) is 2. The van der Waals surface area contributed by atoms with Gasteiger partial charge in [-0.3, -0.25) is 9.59 Å². The predicted octanol–water partition coefficient (Wildman–Crippen LogP) is 4.13. The molecule has 0 bridgehead atoms. The van der Waals surface area contributed by atoms with E-state index >= 15 is 0 Å². The average Bonchev–Trinajstić information content (AvgIpc) is 3.25. The molecule has 4 rings (SSSR count). The Kier molecular flexibility index (Phi) is 4.24. The van der Waals surface area contributed by atoms with E-state index in [1.807, 2.05) is 42.9 Å². The van der Waals surface area contributed by atoms with Gasteiger partial charge in [0.2, 0.25) is 0 Å². The van der Waals surface area contributed by atoms with E-state index in [0.717, 1.165) is 15.4 Å². The fraction of sp³-hybridized carbons (Fsp3) is 0.200. The first-order chi connectivity index (χ1) is 12.9. The number of hydrogen-bond acceptors (Lipinski definition) is 4. The largest absolute Gasteiger partial charge is 0.479 e. The number of nitrogens with zero attached hydrogens (tertiary/aromatic N) is 1. The molecule has 6 nitrogen and oxygen atoms in total. The van der Waals surface area contributed by atoms with Crippen LogP contribution in [0.5, 0.6) is 5.75 Å². The zero-order valence-electron chi connectivity index (χ0n) is 15.2. The third kappa shape index (κ3) is 3.10. The molecule has 0 aliphatic carbocycles. The minimum absolute atomic E-state index is 0.183. The molecule has 27 heavy (non-hydrogen) atoms. The second-order valence-electron chi connectivity index (χ2n) is 6.47. The zero-order valence-corrected chi connectivity index (χ0v) is 16.0. The molecule has 3 heterocycles. The molecule has 2 aromatic heterocycles. The van der Waals surface area contributed by atoms with E-state index in [9.17, 15) is 9.59 Å². The smallest absolute Gasteiger partial charge is 0.265 e. The first kappa shape index (κ1) is 17.4. The molecule has 0 saturated heterocycles. The summed E-state index contributed by atoms with van der Waals surface area (Å²) >= 11 is 1.59. The fourth-order valence-corrected chi connectivity index (χ4v) is 4.13. The number of ether oxygens (including phenoxy) is 1. The van der Waals surface area contributed by atoms with Crippen LogP contribution in [-0.4, -0.2) is 22.5 Å². The Morgan fingerprint density at radius 2 is 2.00 bits per heavy atom. The molecule has 1 unspecified atom stereocenters. The van der Waals surface area contributed by atoms with Crippen molar-refractivity contribution in [2.24, 2.45) is 0 Å². The minimum atomic E-state index is -0.529. The third-order valence-electron chi connectivity index (χ3n) is 4.60. The number of aromatic nitrogens is 1. The number of amides is 2. The van der Waals surface area contributed by atoms with E-state index in [1.54, 1.807) is 36.5 Å². The van der Waals surface area contributed by atoms with E-state index < -0.39 is 6.10 Å². The molecule has 0 saturated carbocycles. The van der Waals surface area contributed by atoms with Crippen molar-refractivity contribution in [2.75, 3.05) is 10.6 Å². The van der Waals surface area contributed by atoms with Gasteiger partial charge in [0, 0.05) is 23.0 Å². The molecule has 2 amide bonds. The molecule has 2 N–H and O–H groups in total. The summed E-state index contributed by atoms with van der Waals surface area (Å²) in [7, 11) is 0. The SMILES string of the molecule is Cc1sc(-n2cccc2)c(C(=O)Nc2ccc3c(c2)NC(=O)C(C)O3)c1C. The molecule has 0 radical (unpaired) electrons. The maximum atomic E-state index is 13.0. The summed E-state index contributed by atoms with van der Waals surface area (Å²) in [5, 5.41) is 6.62. The van der Waals surface area contributed by atoms with Gasteiger partial charge in [0.05, 0.1) is 11.3 Å². The van der Waals surface area contributed by atoms with Crippen molar-refractivity contribution >= 4 is 34.5 Å². The van der Waals surface area contributed by atoms with Gasteiger partial charge in [0.25, 0.3) is 11.8 Å². The minimum Gasteiger partial charge on any atom is -0.479 e. The summed E-state index contributed by atoms with van der Waals surface area (Å²) < 4.78 is 7.50. The maximum absolute atomic E-state index is 13.0. The summed E-state index contributed by atoms with van der Waals surface area (Å²) in [4.78, 5) is 25.9. The quantitative estimate of drug-likeness (QED) is 0.717. The van der Waals surface area contributed by atoms with E-state index in [1.165, 1.54) is 0 Å². The lowest BCUT2D eigenvalue weighted by Crippen LogP contribution is -2.34. The van der Waals surface area contributed by atoms with E-state index in [2.05, 4.69) is 10.6 Å². The standard InChI is InChI=1S/C20H19N3O3S/c1-11-13(3)27-20(23-8-4-5-9-23)17(11)19(25)21-14-6-7-16-15(10-14)22-18(24)12(2)26-16/h4-10,12H,1-3H3,(H,21,25)(H,22,24). The molecule has 0 fully saturated rings. The van der Waals surface area contributed by atoms with Crippen LogP contribution in [0, 0.1) is 13.8 Å². The van der Waals surface area contributed by atoms with E-state index in [-0.39, 0.29) is 11.8 Å². The van der Waals surface area contributed by atoms with Crippen molar-refractivity contribution in [1.82, 2.24) is 4.57 Å². The molecular weight excluding hydrogens is 362 g/mol. The average molecular weight is 381 g/mol. The number of carbonyl (C=O) groups is 2. The van der Waals surface area contributed by atoms with Crippen molar-refractivity contribution in [3.05, 3.63) is 58.7 Å². The van der Waals surface area contributed by atoms with Gasteiger partial charge in [0.1, 0.15) is 10.8 Å². The molecule has 3 aromatic rings. The van der Waals surface area contributed by atoms with Crippen molar-refractivity contribution < 1.29 is 14.3 Å². The Bertz CT molecular complexity index is 1040. The number of benzene rings is 1. The molecule has 138 valence electrons. The summed E-state index contributed by atoms with van der Waals surface area (Å²) in [6.45, 7) is 5.66. The Morgan fingerprint density at radius 3 is 2.74 bits per heavy atom. The maximum Gasteiger partial charge on any atom is 0.265 e. The van der Waals surface area contributed by atoms with Crippen LogP contribution in [0.2, 0.25) is 0 Å². The van der Waals surface area contributed by atoms with Crippen LogP contribution in [0.25, 0.3) is 5.00 Å². The molecule has 1 aliphatic heterocycles. The van der Waals surface area contributed by atoms with Crippen molar-refractivity contribution in [3.8, 4) is 10.8 Å². The number of anilines is 2. The molecule has 1 atom stereocenters. The van der Waals surface area contributed by atoms with Gasteiger partial charge in [-0.15, -0.1) is 11.3 Å². The second-order valence-corrected chi connectivity index (χ2v) is 7.67. The Hall–Kier alpha value is -3.06.